The van der Waals surface area contributed by atoms with Crippen LogP contribution in [0, 0.1) is 6.92 Å². The summed E-state index contributed by atoms with van der Waals surface area (Å²) in [6, 6.07) is 11.7. The number of hydrogen-bond acceptors (Lipinski definition) is 5. The molecule has 8 heteroatoms. The summed E-state index contributed by atoms with van der Waals surface area (Å²) in [6.07, 6.45) is 0. The first-order valence-electron chi connectivity index (χ1n) is 8.23. The van der Waals surface area contributed by atoms with Crippen LogP contribution in [0.3, 0.4) is 0 Å². The van der Waals surface area contributed by atoms with Gasteiger partial charge in [-0.15, -0.1) is 0 Å². The second-order valence-electron chi connectivity index (χ2n) is 6.15. The zero-order valence-electron chi connectivity index (χ0n) is 16.1. The maximum Gasteiger partial charge on any atom is 0.264 e. The van der Waals surface area contributed by atoms with Gasteiger partial charge in [0.1, 0.15) is 11.5 Å². The molecule has 0 saturated carbocycles. The fraction of sp³-hybridized carbons (Fsp3) is 0.316. The van der Waals surface area contributed by atoms with Gasteiger partial charge < -0.3 is 14.4 Å². The molecule has 2 rings (SSSR count). The molecule has 0 spiro atoms. The Morgan fingerprint density at radius 3 is 2.19 bits per heavy atom. The fourth-order valence-corrected chi connectivity index (χ4v) is 3.33. The number of aryl methyl sites for hydroxylation is 1. The van der Waals surface area contributed by atoms with Crippen molar-refractivity contribution in [3.05, 3.63) is 48.0 Å². The molecule has 0 N–H and O–H groups in total. The number of ether oxygens (including phenoxy) is 2. The van der Waals surface area contributed by atoms with Crippen LogP contribution >= 0.6 is 0 Å². The highest BCUT2D eigenvalue weighted by molar-refractivity contribution is 7.89. The van der Waals surface area contributed by atoms with Crippen LogP contribution in [0.5, 0.6) is 11.5 Å². The van der Waals surface area contributed by atoms with Gasteiger partial charge in [-0.1, -0.05) is 0 Å². The molecule has 7 nitrogen and oxygen atoms in total. The van der Waals surface area contributed by atoms with Gasteiger partial charge in [-0.3, -0.25) is 4.79 Å². The number of methoxy groups -OCH3 is 1. The topological polar surface area (TPSA) is 76.1 Å². The van der Waals surface area contributed by atoms with Crippen molar-refractivity contribution in [1.29, 1.82) is 0 Å². The molecule has 146 valence electrons. The number of sulfonamides is 1. The number of benzene rings is 2. The first kappa shape index (κ1) is 20.7. The summed E-state index contributed by atoms with van der Waals surface area (Å²) < 4.78 is 36.2. The van der Waals surface area contributed by atoms with Crippen molar-refractivity contribution >= 4 is 21.6 Å². The predicted molar refractivity (Wildman–Crippen MR) is 104 cm³/mol. The van der Waals surface area contributed by atoms with Gasteiger partial charge in [0.05, 0.1) is 12.0 Å². The molecule has 27 heavy (non-hydrogen) atoms. The third-order valence-electron chi connectivity index (χ3n) is 4.11. The highest BCUT2D eigenvalue weighted by Gasteiger charge is 2.19. The smallest absolute Gasteiger partial charge is 0.264 e. The van der Waals surface area contributed by atoms with Gasteiger partial charge in [-0.2, -0.15) is 0 Å². The van der Waals surface area contributed by atoms with Crippen molar-refractivity contribution in [2.24, 2.45) is 0 Å². The molecule has 0 bridgehead atoms. The van der Waals surface area contributed by atoms with Crippen LogP contribution in [-0.2, 0) is 14.8 Å². The minimum Gasteiger partial charge on any atom is -0.497 e. The molecule has 2 aromatic rings. The summed E-state index contributed by atoms with van der Waals surface area (Å²) in [5, 5.41) is 0. The molecule has 0 aliphatic rings. The van der Waals surface area contributed by atoms with E-state index in [4.69, 9.17) is 9.47 Å². The van der Waals surface area contributed by atoms with Gasteiger partial charge >= 0.3 is 0 Å². The zero-order chi connectivity index (χ0) is 20.2. The number of anilines is 1. The monoisotopic (exact) mass is 392 g/mol. The number of nitrogens with zero attached hydrogens (tertiary/aromatic N) is 2. The van der Waals surface area contributed by atoms with E-state index in [9.17, 15) is 13.2 Å². The molecule has 0 unspecified atom stereocenters. The van der Waals surface area contributed by atoms with Crippen LogP contribution in [0.4, 0.5) is 5.69 Å². The normalized spacial score (nSPS) is 11.3. The molecular formula is C19H24N2O5S. The maximum absolute atomic E-state index is 12.4. The number of hydrogen-bond donors (Lipinski definition) is 0. The second kappa shape index (κ2) is 8.41. The summed E-state index contributed by atoms with van der Waals surface area (Å²) in [6.45, 7) is 1.57. The summed E-state index contributed by atoms with van der Waals surface area (Å²) >= 11 is 0. The van der Waals surface area contributed by atoms with Crippen LogP contribution < -0.4 is 14.4 Å². The van der Waals surface area contributed by atoms with E-state index in [1.807, 2.05) is 0 Å². The highest BCUT2D eigenvalue weighted by Crippen LogP contribution is 2.24. The third kappa shape index (κ3) is 4.78. The van der Waals surface area contributed by atoms with E-state index in [-0.39, 0.29) is 17.4 Å². The molecule has 0 radical (unpaired) electrons. The first-order valence-corrected chi connectivity index (χ1v) is 9.67. The van der Waals surface area contributed by atoms with Crippen molar-refractivity contribution in [3.63, 3.8) is 0 Å². The van der Waals surface area contributed by atoms with E-state index in [1.165, 1.54) is 31.1 Å². The average Bonchev–Trinajstić information content (AvgIpc) is 2.66. The molecular weight excluding hydrogens is 368 g/mol. The SMILES string of the molecule is COc1ccc(N(C)C(=O)COc2ccc(S(=O)(=O)N(C)C)cc2C)cc1. The predicted octanol–water partition coefficient (Wildman–Crippen LogP) is 2.30. The minimum atomic E-state index is -3.51. The maximum atomic E-state index is 12.4. The number of carbonyl (C=O) groups is 1. The Labute approximate surface area is 160 Å². The van der Waals surface area contributed by atoms with Gasteiger partial charge in [-0.05, 0) is 55.0 Å². The molecule has 2 aromatic carbocycles. The Hall–Kier alpha value is -2.58. The standard InChI is InChI=1S/C19H24N2O5S/c1-14-12-17(27(23,24)20(2)3)10-11-18(14)26-13-19(22)21(4)15-6-8-16(25-5)9-7-15/h6-12H,13H2,1-5H3. The van der Waals surface area contributed by atoms with E-state index in [1.54, 1.807) is 51.4 Å². The Kier molecular flexibility index (Phi) is 6.45. The molecule has 0 aliphatic heterocycles. The lowest BCUT2D eigenvalue weighted by molar-refractivity contribution is -0.120. The minimum absolute atomic E-state index is 0.164. The summed E-state index contributed by atoms with van der Waals surface area (Å²) in [5.41, 5.74) is 1.35. The Morgan fingerprint density at radius 1 is 1.04 bits per heavy atom. The van der Waals surface area contributed by atoms with E-state index in [0.717, 1.165) is 4.31 Å². The van der Waals surface area contributed by atoms with Gasteiger partial charge in [0.15, 0.2) is 6.61 Å². The lowest BCUT2D eigenvalue weighted by Crippen LogP contribution is -2.31. The third-order valence-corrected chi connectivity index (χ3v) is 5.92. The largest absolute Gasteiger partial charge is 0.497 e. The van der Waals surface area contributed by atoms with Crippen molar-refractivity contribution in [2.75, 3.05) is 39.8 Å². The summed E-state index contributed by atoms with van der Waals surface area (Å²) in [5.74, 6) is 0.938. The lowest BCUT2D eigenvalue weighted by atomic mass is 10.2. The lowest BCUT2D eigenvalue weighted by Gasteiger charge is -2.19. The van der Waals surface area contributed by atoms with Crippen molar-refractivity contribution in [2.45, 2.75) is 11.8 Å². The van der Waals surface area contributed by atoms with E-state index < -0.39 is 10.0 Å². The zero-order valence-corrected chi connectivity index (χ0v) is 16.9. The van der Waals surface area contributed by atoms with Gasteiger partial charge in [0.2, 0.25) is 10.0 Å². The summed E-state index contributed by atoms with van der Waals surface area (Å²) in [4.78, 5) is 14.0. The van der Waals surface area contributed by atoms with Gasteiger partial charge in [-0.25, -0.2) is 12.7 Å². The van der Waals surface area contributed by atoms with Crippen LogP contribution in [0.15, 0.2) is 47.4 Å². The number of amides is 1. The van der Waals surface area contributed by atoms with E-state index >= 15 is 0 Å². The van der Waals surface area contributed by atoms with Crippen LogP contribution in [-0.4, -0.2) is 53.5 Å². The van der Waals surface area contributed by atoms with Crippen molar-refractivity contribution < 1.29 is 22.7 Å². The molecule has 0 fully saturated rings. The van der Waals surface area contributed by atoms with Crippen LogP contribution in [0.2, 0.25) is 0 Å². The number of rotatable bonds is 7. The Balaban J connectivity index is 2.06. The first-order chi connectivity index (χ1) is 12.7. The number of likely N-dealkylation sites (N-methyl/N-ethyl adjacent to an activating group) is 1. The molecule has 0 aromatic heterocycles. The molecule has 0 aliphatic carbocycles. The molecule has 1 amide bonds. The summed E-state index contributed by atoms with van der Waals surface area (Å²) in [7, 11) is 2.68. The van der Waals surface area contributed by atoms with Crippen molar-refractivity contribution in [3.8, 4) is 11.5 Å². The molecule has 0 saturated heterocycles. The van der Waals surface area contributed by atoms with Crippen LogP contribution in [0.25, 0.3) is 0 Å². The highest BCUT2D eigenvalue weighted by atomic mass is 32.2. The Morgan fingerprint density at radius 2 is 1.67 bits per heavy atom. The van der Waals surface area contributed by atoms with Gasteiger partial charge in [0, 0.05) is 26.8 Å². The molecule has 0 atom stereocenters. The molecule has 0 heterocycles. The number of carbonyl (C=O) groups excluding carboxylic acids is 1. The fourth-order valence-electron chi connectivity index (χ4n) is 2.34. The Bertz CT molecular complexity index is 908. The van der Waals surface area contributed by atoms with E-state index in [0.29, 0.717) is 22.7 Å². The van der Waals surface area contributed by atoms with Crippen molar-refractivity contribution in [1.82, 2.24) is 4.31 Å². The average molecular weight is 392 g/mol. The van der Waals surface area contributed by atoms with E-state index in [2.05, 4.69) is 0 Å². The quantitative estimate of drug-likeness (QED) is 0.723. The van der Waals surface area contributed by atoms with Crippen LogP contribution in [0.1, 0.15) is 5.56 Å². The van der Waals surface area contributed by atoms with Gasteiger partial charge in [0.25, 0.3) is 5.91 Å². The second-order valence-corrected chi connectivity index (χ2v) is 8.31.